The Bertz CT molecular complexity index is 799. The molecular formula is C18H12N4. The first-order valence-corrected chi connectivity index (χ1v) is 6.61. The second-order valence-corrected chi connectivity index (χ2v) is 4.57. The summed E-state index contributed by atoms with van der Waals surface area (Å²) >= 11 is 0. The Morgan fingerprint density at radius 3 is 2.14 bits per heavy atom. The zero-order valence-electron chi connectivity index (χ0n) is 11.7. The lowest BCUT2D eigenvalue weighted by atomic mass is 10.0. The Morgan fingerprint density at radius 2 is 1.50 bits per heavy atom. The van der Waals surface area contributed by atoms with E-state index in [0.717, 1.165) is 12.0 Å². The highest BCUT2D eigenvalue weighted by molar-refractivity contribution is 5.59. The maximum Gasteiger partial charge on any atom is 0.163 e. The average Bonchev–Trinajstić information content (AvgIpc) is 2.56. The summed E-state index contributed by atoms with van der Waals surface area (Å²) in [5.74, 6) is 0. The van der Waals surface area contributed by atoms with Gasteiger partial charge in [0.15, 0.2) is 5.57 Å². The zero-order valence-corrected chi connectivity index (χ0v) is 11.7. The molecule has 0 unspecified atom stereocenters. The summed E-state index contributed by atoms with van der Waals surface area (Å²) in [6, 6.07) is 22.8. The second kappa shape index (κ2) is 7.29. The Kier molecular flexibility index (Phi) is 4.92. The molecule has 0 saturated heterocycles. The SMILES string of the molecule is N#CC(C#N)=C(C#N)Nc1cccc(Cc2ccccc2)c1. The van der Waals surface area contributed by atoms with Crippen molar-refractivity contribution in [2.45, 2.75) is 6.42 Å². The van der Waals surface area contributed by atoms with Crippen molar-refractivity contribution in [3.05, 3.63) is 77.0 Å². The van der Waals surface area contributed by atoms with Crippen LogP contribution in [-0.2, 0) is 6.42 Å². The standard InChI is InChI=1S/C18H12N4/c19-11-16(12-20)18(13-21)22-17-8-4-7-15(10-17)9-14-5-2-1-3-6-14/h1-8,10,22H,9H2. The highest BCUT2D eigenvalue weighted by atomic mass is 14.9. The Morgan fingerprint density at radius 1 is 0.818 bits per heavy atom. The van der Waals surface area contributed by atoms with Crippen molar-refractivity contribution < 1.29 is 0 Å². The molecule has 2 aromatic rings. The maximum atomic E-state index is 9.05. The number of nitriles is 3. The van der Waals surface area contributed by atoms with Crippen LogP contribution in [0.2, 0.25) is 0 Å². The van der Waals surface area contributed by atoms with Crippen molar-refractivity contribution in [1.29, 1.82) is 15.8 Å². The smallest absolute Gasteiger partial charge is 0.163 e. The van der Waals surface area contributed by atoms with Crippen LogP contribution in [-0.4, -0.2) is 0 Å². The molecule has 0 heterocycles. The van der Waals surface area contributed by atoms with Gasteiger partial charge < -0.3 is 5.32 Å². The number of rotatable bonds is 4. The van der Waals surface area contributed by atoms with Crippen molar-refractivity contribution in [3.63, 3.8) is 0 Å². The van der Waals surface area contributed by atoms with Gasteiger partial charge >= 0.3 is 0 Å². The van der Waals surface area contributed by atoms with Gasteiger partial charge in [0, 0.05) is 5.69 Å². The molecule has 2 aromatic carbocycles. The van der Waals surface area contributed by atoms with E-state index < -0.39 is 0 Å². The Labute approximate surface area is 129 Å². The molecule has 0 saturated carbocycles. The van der Waals surface area contributed by atoms with Gasteiger partial charge in [-0.3, -0.25) is 0 Å². The van der Waals surface area contributed by atoms with Crippen LogP contribution in [0.4, 0.5) is 5.69 Å². The lowest BCUT2D eigenvalue weighted by Gasteiger charge is -2.07. The van der Waals surface area contributed by atoms with Gasteiger partial charge in [-0.1, -0.05) is 42.5 Å². The van der Waals surface area contributed by atoms with Crippen LogP contribution < -0.4 is 5.32 Å². The molecule has 4 heteroatoms. The lowest BCUT2D eigenvalue weighted by molar-refractivity contribution is 1.19. The summed E-state index contributed by atoms with van der Waals surface area (Å²) < 4.78 is 0. The zero-order chi connectivity index (χ0) is 15.8. The molecule has 0 atom stereocenters. The van der Waals surface area contributed by atoms with Gasteiger partial charge in [0.1, 0.15) is 23.9 Å². The predicted molar refractivity (Wildman–Crippen MR) is 83.2 cm³/mol. The summed E-state index contributed by atoms with van der Waals surface area (Å²) in [5.41, 5.74) is 2.67. The fourth-order valence-corrected chi connectivity index (χ4v) is 2.02. The van der Waals surface area contributed by atoms with E-state index in [1.54, 1.807) is 18.2 Å². The van der Waals surface area contributed by atoms with E-state index in [9.17, 15) is 0 Å². The lowest BCUT2D eigenvalue weighted by Crippen LogP contribution is -2.01. The van der Waals surface area contributed by atoms with Crippen LogP contribution in [0.1, 0.15) is 11.1 Å². The van der Waals surface area contributed by atoms with E-state index in [1.165, 1.54) is 5.56 Å². The molecule has 0 aromatic heterocycles. The van der Waals surface area contributed by atoms with Gasteiger partial charge in [0.25, 0.3) is 0 Å². The third-order valence-electron chi connectivity index (χ3n) is 3.03. The van der Waals surface area contributed by atoms with Crippen LogP contribution in [0.5, 0.6) is 0 Å². The van der Waals surface area contributed by atoms with E-state index in [4.69, 9.17) is 15.8 Å². The fourth-order valence-electron chi connectivity index (χ4n) is 2.02. The number of nitrogens with zero attached hydrogens (tertiary/aromatic N) is 3. The molecule has 4 nitrogen and oxygen atoms in total. The van der Waals surface area contributed by atoms with Crippen LogP contribution in [0, 0.1) is 34.0 Å². The summed E-state index contributed by atoms with van der Waals surface area (Å²) in [6.07, 6.45) is 0.769. The van der Waals surface area contributed by atoms with E-state index in [1.807, 2.05) is 54.6 Å². The van der Waals surface area contributed by atoms with Crippen molar-refractivity contribution >= 4 is 5.69 Å². The van der Waals surface area contributed by atoms with Crippen molar-refractivity contribution in [3.8, 4) is 18.2 Å². The number of hydrogen-bond donors (Lipinski definition) is 1. The summed E-state index contributed by atoms with van der Waals surface area (Å²) in [7, 11) is 0. The van der Waals surface area contributed by atoms with Gasteiger partial charge in [-0.15, -0.1) is 0 Å². The summed E-state index contributed by atoms with van der Waals surface area (Å²) in [5, 5.41) is 29.5. The van der Waals surface area contributed by atoms with Crippen molar-refractivity contribution in [1.82, 2.24) is 0 Å². The molecule has 0 aliphatic carbocycles. The highest BCUT2D eigenvalue weighted by Gasteiger charge is 2.06. The first-order valence-electron chi connectivity index (χ1n) is 6.61. The van der Waals surface area contributed by atoms with Crippen LogP contribution in [0.25, 0.3) is 0 Å². The average molecular weight is 284 g/mol. The normalized spacial score (nSPS) is 8.95. The first-order chi connectivity index (χ1) is 10.8. The van der Waals surface area contributed by atoms with E-state index in [2.05, 4.69) is 5.32 Å². The largest absolute Gasteiger partial charge is 0.345 e. The molecule has 0 bridgehead atoms. The summed E-state index contributed by atoms with van der Waals surface area (Å²) in [4.78, 5) is 0. The van der Waals surface area contributed by atoms with Gasteiger partial charge in [-0.2, -0.15) is 15.8 Å². The molecule has 0 aliphatic heterocycles. The monoisotopic (exact) mass is 284 g/mol. The molecule has 0 radical (unpaired) electrons. The number of allylic oxidation sites excluding steroid dienone is 2. The van der Waals surface area contributed by atoms with Gasteiger partial charge in [-0.05, 0) is 29.7 Å². The fraction of sp³-hybridized carbons (Fsp3) is 0.0556. The quantitative estimate of drug-likeness (QED) is 0.871. The Balaban J connectivity index is 2.23. The minimum atomic E-state index is -0.226. The molecule has 104 valence electrons. The van der Waals surface area contributed by atoms with E-state index in [0.29, 0.717) is 5.69 Å². The molecule has 0 spiro atoms. The molecule has 0 aliphatic rings. The van der Waals surface area contributed by atoms with E-state index >= 15 is 0 Å². The minimum absolute atomic E-state index is 0.0399. The van der Waals surface area contributed by atoms with Crippen LogP contribution >= 0.6 is 0 Å². The molecule has 2 rings (SSSR count). The number of anilines is 1. The molecular weight excluding hydrogens is 272 g/mol. The molecule has 0 fully saturated rings. The van der Waals surface area contributed by atoms with Gasteiger partial charge in [0.2, 0.25) is 0 Å². The summed E-state index contributed by atoms with van der Waals surface area (Å²) in [6.45, 7) is 0. The minimum Gasteiger partial charge on any atom is -0.345 e. The number of hydrogen-bond acceptors (Lipinski definition) is 4. The first kappa shape index (κ1) is 14.9. The van der Waals surface area contributed by atoms with Crippen molar-refractivity contribution in [2.24, 2.45) is 0 Å². The number of nitrogens with one attached hydrogen (secondary N) is 1. The van der Waals surface area contributed by atoms with Gasteiger partial charge in [0.05, 0.1) is 0 Å². The van der Waals surface area contributed by atoms with Gasteiger partial charge in [-0.25, -0.2) is 0 Å². The molecule has 0 amide bonds. The van der Waals surface area contributed by atoms with Crippen LogP contribution in [0.3, 0.4) is 0 Å². The predicted octanol–water partition coefficient (Wildman–Crippen LogP) is 3.51. The molecule has 1 N–H and O–H groups in total. The second-order valence-electron chi connectivity index (χ2n) is 4.57. The number of benzene rings is 2. The molecule has 22 heavy (non-hydrogen) atoms. The van der Waals surface area contributed by atoms with E-state index in [-0.39, 0.29) is 11.3 Å². The third kappa shape index (κ3) is 3.73. The topological polar surface area (TPSA) is 83.4 Å². The maximum absolute atomic E-state index is 9.05. The van der Waals surface area contributed by atoms with Crippen LogP contribution in [0.15, 0.2) is 65.9 Å². The third-order valence-corrected chi connectivity index (χ3v) is 3.03. The highest BCUT2D eigenvalue weighted by Crippen LogP contribution is 2.17. The Hall–Kier alpha value is -3.55. The van der Waals surface area contributed by atoms with Crippen molar-refractivity contribution in [2.75, 3.05) is 5.32 Å².